The summed E-state index contributed by atoms with van der Waals surface area (Å²) in [5, 5.41) is 18.4. The maximum Gasteiger partial charge on any atom is 0.309 e. The largest absolute Gasteiger partial charge is 0.481 e. The summed E-state index contributed by atoms with van der Waals surface area (Å²) in [6.07, 6.45) is 1.81. The minimum Gasteiger partial charge on any atom is -0.481 e. The van der Waals surface area contributed by atoms with Crippen LogP contribution in [0.1, 0.15) is 37.3 Å². The van der Waals surface area contributed by atoms with E-state index in [-0.39, 0.29) is 5.82 Å². The first-order valence-electron chi connectivity index (χ1n) is 7.15. The van der Waals surface area contributed by atoms with Gasteiger partial charge in [0.05, 0.1) is 17.0 Å². The number of benzene rings is 1. The molecule has 1 aliphatic heterocycles. The average molecular weight is 290 g/mol. The lowest BCUT2D eigenvalue weighted by atomic mass is 9.76. The minimum atomic E-state index is -0.729. The number of carboxylic acid groups (broad SMARTS) is 1. The molecule has 0 aromatic heterocycles. The Morgan fingerprint density at radius 3 is 2.67 bits per heavy atom. The summed E-state index contributed by atoms with van der Waals surface area (Å²) in [4.78, 5) is 13.5. The van der Waals surface area contributed by atoms with Crippen LogP contribution in [0.25, 0.3) is 0 Å². The van der Waals surface area contributed by atoms with Gasteiger partial charge >= 0.3 is 5.97 Å². The van der Waals surface area contributed by atoms with Gasteiger partial charge in [0, 0.05) is 6.54 Å². The molecule has 1 fully saturated rings. The molecular weight excluding hydrogens is 271 g/mol. The number of hydrogen-bond acceptors (Lipinski definition) is 3. The van der Waals surface area contributed by atoms with Gasteiger partial charge in [0.1, 0.15) is 5.82 Å². The number of halogens is 1. The highest BCUT2D eigenvalue weighted by atomic mass is 19.1. The summed E-state index contributed by atoms with van der Waals surface area (Å²) in [6.45, 7) is 3.70. The van der Waals surface area contributed by atoms with Gasteiger partial charge in [-0.3, -0.25) is 9.69 Å². The fourth-order valence-corrected chi connectivity index (χ4v) is 2.90. The van der Waals surface area contributed by atoms with Crippen LogP contribution >= 0.6 is 0 Å². The molecule has 0 spiro atoms. The van der Waals surface area contributed by atoms with Crippen LogP contribution in [0.3, 0.4) is 0 Å². The zero-order valence-corrected chi connectivity index (χ0v) is 12.1. The number of carbonyl (C=O) groups is 1. The molecule has 1 heterocycles. The number of likely N-dealkylation sites (tertiary alicyclic amines) is 1. The van der Waals surface area contributed by atoms with Crippen LogP contribution in [0, 0.1) is 22.6 Å². The Kier molecular flexibility index (Phi) is 4.59. The lowest BCUT2D eigenvalue weighted by Gasteiger charge is -2.38. The third-order valence-corrected chi connectivity index (χ3v) is 4.53. The highest BCUT2D eigenvalue weighted by Crippen LogP contribution is 2.35. The van der Waals surface area contributed by atoms with E-state index in [1.54, 1.807) is 0 Å². The Balaban J connectivity index is 2.06. The predicted octanol–water partition coefficient (Wildman–Crippen LogP) is 2.77. The highest BCUT2D eigenvalue weighted by molar-refractivity contribution is 5.74. The molecule has 1 N–H and O–H groups in total. The van der Waals surface area contributed by atoms with E-state index in [9.17, 15) is 14.3 Å². The maximum atomic E-state index is 13.3. The normalized spacial score (nSPS) is 18.1. The van der Waals surface area contributed by atoms with Crippen molar-refractivity contribution in [2.45, 2.75) is 32.7 Å². The molecule has 21 heavy (non-hydrogen) atoms. The van der Waals surface area contributed by atoms with Gasteiger partial charge in [0.25, 0.3) is 0 Å². The third kappa shape index (κ3) is 3.22. The molecule has 0 atom stereocenters. The Morgan fingerprint density at radius 1 is 1.48 bits per heavy atom. The molecule has 112 valence electrons. The van der Waals surface area contributed by atoms with Crippen LogP contribution in [0.5, 0.6) is 0 Å². The van der Waals surface area contributed by atoms with Crippen molar-refractivity contribution in [2.75, 3.05) is 13.1 Å². The van der Waals surface area contributed by atoms with Gasteiger partial charge in [-0.05, 0) is 56.1 Å². The number of rotatable bonds is 4. The Labute approximate surface area is 123 Å². The van der Waals surface area contributed by atoms with Gasteiger partial charge in [0.15, 0.2) is 0 Å². The number of hydrogen-bond donors (Lipinski definition) is 1. The van der Waals surface area contributed by atoms with Crippen LogP contribution in [-0.2, 0) is 11.3 Å². The van der Waals surface area contributed by atoms with Crippen molar-refractivity contribution in [2.24, 2.45) is 5.41 Å². The van der Waals surface area contributed by atoms with E-state index in [1.165, 1.54) is 18.2 Å². The van der Waals surface area contributed by atoms with E-state index in [4.69, 9.17) is 5.26 Å². The molecule has 0 saturated carbocycles. The van der Waals surface area contributed by atoms with Crippen molar-refractivity contribution in [3.05, 3.63) is 35.1 Å². The molecule has 1 aliphatic rings. The predicted molar refractivity (Wildman–Crippen MR) is 76.0 cm³/mol. The Hall–Kier alpha value is -1.93. The summed E-state index contributed by atoms with van der Waals surface area (Å²) in [5.41, 5.74) is 0.509. The molecule has 0 aliphatic carbocycles. The molecule has 0 unspecified atom stereocenters. The smallest absolute Gasteiger partial charge is 0.309 e. The van der Waals surface area contributed by atoms with Crippen molar-refractivity contribution >= 4 is 5.97 Å². The van der Waals surface area contributed by atoms with Gasteiger partial charge in [-0.25, -0.2) is 4.39 Å². The zero-order valence-electron chi connectivity index (χ0n) is 12.1. The first-order valence-corrected chi connectivity index (χ1v) is 7.15. The highest BCUT2D eigenvalue weighted by Gasteiger charge is 2.39. The molecule has 5 heteroatoms. The van der Waals surface area contributed by atoms with E-state index >= 15 is 0 Å². The minimum absolute atomic E-state index is 0.352. The first kappa shape index (κ1) is 15.5. The quantitative estimate of drug-likeness (QED) is 0.926. The average Bonchev–Trinajstić information content (AvgIpc) is 2.48. The van der Waals surface area contributed by atoms with Gasteiger partial charge in [-0.2, -0.15) is 5.26 Å². The van der Waals surface area contributed by atoms with E-state index in [2.05, 4.69) is 11.0 Å². The molecular formula is C16H19FN2O2. The number of piperidine rings is 1. The molecule has 2 rings (SSSR count). The fraction of sp³-hybridized carbons (Fsp3) is 0.500. The van der Waals surface area contributed by atoms with E-state index in [0.717, 1.165) is 0 Å². The maximum absolute atomic E-state index is 13.3. The Morgan fingerprint density at radius 2 is 2.14 bits per heavy atom. The SMILES string of the molecule is CCC1(C(=O)O)CCN(Cc2cc(F)ccc2C#N)CC1. The number of nitriles is 1. The number of aliphatic carboxylic acids is 1. The lowest BCUT2D eigenvalue weighted by Crippen LogP contribution is -2.43. The second-order valence-corrected chi connectivity index (χ2v) is 5.63. The second kappa shape index (κ2) is 6.23. The van der Waals surface area contributed by atoms with Crippen LogP contribution in [0.15, 0.2) is 18.2 Å². The summed E-state index contributed by atoms with van der Waals surface area (Å²) in [7, 11) is 0. The van der Waals surface area contributed by atoms with Gasteiger partial charge < -0.3 is 5.11 Å². The molecule has 1 aromatic carbocycles. The number of nitrogens with zero attached hydrogens (tertiary/aromatic N) is 2. The first-order chi connectivity index (χ1) is 10.0. The zero-order chi connectivity index (χ0) is 15.5. The van der Waals surface area contributed by atoms with Crippen molar-refractivity contribution in [1.82, 2.24) is 4.90 Å². The third-order valence-electron chi connectivity index (χ3n) is 4.53. The van der Waals surface area contributed by atoms with E-state index in [0.29, 0.717) is 50.0 Å². The van der Waals surface area contributed by atoms with Crippen LogP contribution in [0.2, 0.25) is 0 Å². The molecule has 0 radical (unpaired) electrons. The Bertz CT molecular complexity index is 572. The van der Waals surface area contributed by atoms with Gasteiger partial charge in [-0.15, -0.1) is 0 Å². The van der Waals surface area contributed by atoms with Crippen molar-refractivity contribution in [3.63, 3.8) is 0 Å². The van der Waals surface area contributed by atoms with Crippen LogP contribution in [-0.4, -0.2) is 29.1 Å². The molecule has 0 amide bonds. The number of carboxylic acids is 1. The molecule has 4 nitrogen and oxygen atoms in total. The summed E-state index contributed by atoms with van der Waals surface area (Å²) in [5.74, 6) is -1.08. The standard InChI is InChI=1S/C16H19FN2O2/c1-2-16(15(20)21)5-7-19(8-6-16)11-13-9-14(17)4-3-12(13)10-18/h3-4,9H,2,5-8,11H2,1H3,(H,20,21). The van der Waals surface area contributed by atoms with Crippen LogP contribution in [0.4, 0.5) is 4.39 Å². The van der Waals surface area contributed by atoms with Gasteiger partial charge in [-0.1, -0.05) is 6.92 Å². The molecule has 0 bridgehead atoms. The topological polar surface area (TPSA) is 64.3 Å². The van der Waals surface area contributed by atoms with E-state index in [1.807, 2.05) is 6.92 Å². The second-order valence-electron chi connectivity index (χ2n) is 5.63. The lowest BCUT2D eigenvalue weighted by molar-refractivity contribution is -0.152. The fourth-order valence-electron chi connectivity index (χ4n) is 2.90. The molecule has 1 saturated heterocycles. The van der Waals surface area contributed by atoms with Gasteiger partial charge in [0.2, 0.25) is 0 Å². The summed E-state index contributed by atoms with van der Waals surface area (Å²) < 4.78 is 13.3. The van der Waals surface area contributed by atoms with Crippen molar-refractivity contribution < 1.29 is 14.3 Å². The van der Waals surface area contributed by atoms with Crippen molar-refractivity contribution in [3.8, 4) is 6.07 Å². The van der Waals surface area contributed by atoms with Crippen molar-refractivity contribution in [1.29, 1.82) is 5.26 Å². The van der Waals surface area contributed by atoms with Crippen LogP contribution < -0.4 is 0 Å². The monoisotopic (exact) mass is 290 g/mol. The van der Waals surface area contributed by atoms with E-state index < -0.39 is 11.4 Å². The summed E-state index contributed by atoms with van der Waals surface area (Å²) >= 11 is 0. The summed E-state index contributed by atoms with van der Waals surface area (Å²) in [6, 6.07) is 6.23. The molecule has 1 aromatic rings.